The third kappa shape index (κ3) is 5.32. The van der Waals surface area contributed by atoms with Crippen molar-refractivity contribution in [2.75, 3.05) is 16.8 Å². The lowest BCUT2D eigenvalue weighted by atomic mass is 10.1. The summed E-state index contributed by atoms with van der Waals surface area (Å²) in [5, 5.41) is 2.78. The van der Waals surface area contributed by atoms with Gasteiger partial charge in [0.2, 0.25) is 15.9 Å². The Balaban J connectivity index is 2.20. The third-order valence-corrected chi connectivity index (χ3v) is 6.64. The summed E-state index contributed by atoms with van der Waals surface area (Å²) in [5.74, 6) is -0.464. The van der Waals surface area contributed by atoms with Gasteiger partial charge in [-0.1, -0.05) is 30.3 Å². The van der Waals surface area contributed by atoms with Crippen molar-refractivity contribution in [2.24, 2.45) is 0 Å². The summed E-state index contributed by atoms with van der Waals surface area (Å²) in [6.45, 7) is 3.26. The minimum absolute atomic E-state index is 0.190. The molecule has 0 spiro atoms. The van der Waals surface area contributed by atoms with E-state index in [1.165, 1.54) is 19.1 Å². The predicted molar refractivity (Wildman–Crippen MR) is 109 cm³/mol. The smallest absolute Gasteiger partial charge is 0.244 e. The van der Waals surface area contributed by atoms with Crippen LogP contribution in [0.4, 0.5) is 5.69 Å². The lowest BCUT2D eigenvalue weighted by Crippen LogP contribution is -2.48. The highest BCUT2D eigenvalue weighted by Crippen LogP contribution is 2.21. The van der Waals surface area contributed by atoms with Gasteiger partial charge < -0.3 is 5.32 Å². The van der Waals surface area contributed by atoms with Crippen LogP contribution in [0.5, 0.6) is 0 Å². The van der Waals surface area contributed by atoms with Crippen LogP contribution in [0.25, 0.3) is 0 Å². The summed E-state index contributed by atoms with van der Waals surface area (Å²) in [4.78, 5) is 12.9. The zero-order valence-electron chi connectivity index (χ0n) is 16.2. The number of para-hydroxylation sites is 1. The summed E-state index contributed by atoms with van der Waals surface area (Å²) in [6.07, 6.45) is 2.18. The van der Waals surface area contributed by atoms with Gasteiger partial charge in [-0.2, -0.15) is 0 Å². The van der Waals surface area contributed by atoms with Crippen molar-refractivity contribution in [1.82, 2.24) is 5.32 Å². The number of anilines is 1. The molecule has 0 aliphatic rings. The maximum atomic E-state index is 12.7. The van der Waals surface area contributed by atoms with Crippen LogP contribution in [0.15, 0.2) is 59.5 Å². The molecule has 0 aliphatic heterocycles. The SMILES string of the molecule is C[C@@H](NC(=O)[C@H](C)N(c1ccccc1)S(C)(=O)=O)c1ccc(S(C)(=O)=O)cc1. The summed E-state index contributed by atoms with van der Waals surface area (Å²) in [5.41, 5.74) is 1.11. The highest BCUT2D eigenvalue weighted by molar-refractivity contribution is 7.92. The molecule has 0 aromatic heterocycles. The number of benzene rings is 2. The van der Waals surface area contributed by atoms with Gasteiger partial charge in [-0.3, -0.25) is 9.10 Å². The van der Waals surface area contributed by atoms with E-state index in [0.29, 0.717) is 11.3 Å². The van der Waals surface area contributed by atoms with Crippen molar-refractivity contribution in [1.29, 1.82) is 0 Å². The summed E-state index contributed by atoms with van der Waals surface area (Å²) in [7, 11) is -6.98. The standard InChI is InChI=1S/C19H24N2O5S2/c1-14(16-10-12-18(13-11-16)27(3,23)24)20-19(22)15(2)21(28(4,25)26)17-8-6-5-7-9-17/h5-15H,1-4H3,(H,20,22)/t14-,15+/m1/s1. The first kappa shape index (κ1) is 21.9. The quantitative estimate of drug-likeness (QED) is 0.734. The number of carbonyl (C=O) groups is 1. The zero-order valence-corrected chi connectivity index (χ0v) is 17.8. The number of hydrogen-bond acceptors (Lipinski definition) is 5. The van der Waals surface area contributed by atoms with Crippen LogP contribution in [0.1, 0.15) is 25.5 Å². The Morgan fingerprint density at radius 3 is 1.89 bits per heavy atom. The normalized spacial score (nSPS) is 14.1. The molecular formula is C19H24N2O5S2. The van der Waals surface area contributed by atoms with Crippen LogP contribution in [0.2, 0.25) is 0 Å². The van der Waals surface area contributed by atoms with Gasteiger partial charge in [0.1, 0.15) is 6.04 Å². The Labute approximate surface area is 166 Å². The molecule has 152 valence electrons. The molecule has 7 nitrogen and oxygen atoms in total. The van der Waals surface area contributed by atoms with Gasteiger partial charge in [-0.05, 0) is 43.7 Å². The van der Waals surface area contributed by atoms with Crippen LogP contribution in [-0.2, 0) is 24.7 Å². The van der Waals surface area contributed by atoms with Crippen molar-refractivity contribution in [3.8, 4) is 0 Å². The molecule has 1 amide bonds. The topological polar surface area (TPSA) is 101 Å². The molecule has 2 atom stereocenters. The van der Waals surface area contributed by atoms with E-state index in [9.17, 15) is 21.6 Å². The largest absolute Gasteiger partial charge is 0.348 e. The van der Waals surface area contributed by atoms with Crippen LogP contribution in [0.3, 0.4) is 0 Å². The second-order valence-corrected chi connectivity index (χ2v) is 10.5. The second kappa shape index (κ2) is 8.32. The number of hydrogen-bond donors (Lipinski definition) is 1. The van der Waals surface area contributed by atoms with Gasteiger partial charge in [0.05, 0.1) is 22.9 Å². The van der Waals surface area contributed by atoms with E-state index in [0.717, 1.165) is 16.8 Å². The van der Waals surface area contributed by atoms with Crippen LogP contribution in [-0.4, -0.2) is 41.3 Å². The van der Waals surface area contributed by atoms with E-state index >= 15 is 0 Å². The average molecular weight is 425 g/mol. The molecular weight excluding hydrogens is 400 g/mol. The van der Waals surface area contributed by atoms with Crippen molar-refractivity contribution >= 4 is 31.5 Å². The van der Waals surface area contributed by atoms with E-state index in [-0.39, 0.29) is 4.90 Å². The van der Waals surface area contributed by atoms with Crippen LogP contribution >= 0.6 is 0 Å². The maximum absolute atomic E-state index is 12.7. The van der Waals surface area contributed by atoms with E-state index < -0.39 is 37.9 Å². The molecule has 0 radical (unpaired) electrons. The zero-order chi connectivity index (χ0) is 21.1. The minimum Gasteiger partial charge on any atom is -0.348 e. The lowest BCUT2D eigenvalue weighted by molar-refractivity contribution is -0.122. The minimum atomic E-state index is -3.68. The van der Waals surface area contributed by atoms with E-state index in [2.05, 4.69) is 5.32 Å². The maximum Gasteiger partial charge on any atom is 0.244 e. The number of carbonyl (C=O) groups excluding carboxylic acids is 1. The molecule has 2 aromatic rings. The number of rotatable bonds is 7. The molecule has 2 rings (SSSR count). The van der Waals surface area contributed by atoms with Crippen molar-refractivity contribution in [3.63, 3.8) is 0 Å². The molecule has 0 bridgehead atoms. The van der Waals surface area contributed by atoms with Gasteiger partial charge >= 0.3 is 0 Å². The number of sulfone groups is 1. The van der Waals surface area contributed by atoms with Gasteiger partial charge in [0.25, 0.3) is 0 Å². The van der Waals surface area contributed by atoms with E-state index in [4.69, 9.17) is 0 Å². The molecule has 0 saturated carbocycles. The molecule has 9 heteroatoms. The monoisotopic (exact) mass is 424 g/mol. The number of amides is 1. The molecule has 0 heterocycles. The van der Waals surface area contributed by atoms with E-state index in [1.54, 1.807) is 49.4 Å². The van der Waals surface area contributed by atoms with Crippen molar-refractivity contribution in [3.05, 3.63) is 60.2 Å². The van der Waals surface area contributed by atoms with Crippen molar-refractivity contribution in [2.45, 2.75) is 30.8 Å². The fourth-order valence-corrected chi connectivity index (χ4v) is 4.61. The summed E-state index contributed by atoms with van der Waals surface area (Å²) >= 11 is 0. The van der Waals surface area contributed by atoms with Gasteiger partial charge in [-0.25, -0.2) is 16.8 Å². The molecule has 1 N–H and O–H groups in total. The molecule has 0 aliphatic carbocycles. The Bertz CT molecular complexity index is 1030. The van der Waals surface area contributed by atoms with Crippen LogP contribution in [0, 0.1) is 0 Å². The Kier molecular flexibility index (Phi) is 6.51. The molecule has 28 heavy (non-hydrogen) atoms. The van der Waals surface area contributed by atoms with Crippen molar-refractivity contribution < 1.29 is 21.6 Å². The first-order valence-electron chi connectivity index (χ1n) is 8.56. The molecule has 0 unspecified atom stereocenters. The fraction of sp³-hybridized carbons (Fsp3) is 0.316. The Morgan fingerprint density at radius 1 is 0.893 bits per heavy atom. The predicted octanol–water partition coefficient (Wildman–Crippen LogP) is 2.12. The van der Waals surface area contributed by atoms with Gasteiger partial charge in [0.15, 0.2) is 9.84 Å². The highest BCUT2D eigenvalue weighted by atomic mass is 32.2. The fourth-order valence-electron chi connectivity index (χ4n) is 2.80. The number of sulfonamides is 1. The lowest BCUT2D eigenvalue weighted by Gasteiger charge is -2.29. The molecule has 2 aromatic carbocycles. The number of nitrogens with zero attached hydrogens (tertiary/aromatic N) is 1. The van der Waals surface area contributed by atoms with Gasteiger partial charge in [0, 0.05) is 6.26 Å². The van der Waals surface area contributed by atoms with E-state index in [1.807, 2.05) is 0 Å². The van der Waals surface area contributed by atoms with Gasteiger partial charge in [-0.15, -0.1) is 0 Å². The molecule has 0 fully saturated rings. The third-order valence-electron chi connectivity index (χ3n) is 4.27. The second-order valence-electron chi connectivity index (χ2n) is 6.64. The average Bonchev–Trinajstić information content (AvgIpc) is 2.60. The summed E-state index contributed by atoms with van der Waals surface area (Å²) < 4.78 is 48.7. The summed E-state index contributed by atoms with van der Waals surface area (Å²) in [6, 6.07) is 13.2. The van der Waals surface area contributed by atoms with Crippen LogP contribution < -0.4 is 9.62 Å². The highest BCUT2D eigenvalue weighted by Gasteiger charge is 2.29. The first-order valence-corrected chi connectivity index (χ1v) is 12.3. The Morgan fingerprint density at radius 2 is 1.43 bits per heavy atom. The number of nitrogens with one attached hydrogen (secondary N) is 1. The molecule has 0 saturated heterocycles. The Hall–Kier alpha value is -2.39. The first-order chi connectivity index (χ1) is 12.9.